The molecule has 0 amide bonds. The quantitative estimate of drug-likeness (QED) is 0.749. The molecule has 0 spiro atoms. The van der Waals surface area contributed by atoms with Gasteiger partial charge in [0, 0.05) is 28.5 Å². The Morgan fingerprint density at radius 3 is 2.43 bits per heavy atom. The fraction of sp³-hybridized carbons (Fsp3) is 0.800. The molecule has 0 saturated heterocycles. The Hall–Kier alpha value is -0.130. The fourth-order valence-corrected chi connectivity index (χ4v) is 3.38. The van der Waals surface area contributed by atoms with Crippen molar-refractivity contribution in [1.82, 2.24) is 10.2 Å². The van der Waals surface area contributed by atoms with Gasteiger partial charge in [-0.25, -0.2) is 0 Å². The van der Waals surface area contributed by atoms with Crippen LogP contribution in [0.25, 0.3) is 0 Å². The summed E-state index contributed by atoms with van der Waals surface area (Å²) >= 11 is 2.09. The third-order valence-corrected chi connectivity index (χ3v) is 4.22. The Labute approximate surface area is 96.8 Å². The van der Waals surface area contributed by atoms with E-state index in [9.17, 15) is 0 Å². The van der Waals surface area contributed by atoms with Gasteiger partial charge in [-0.05, 0) is 31.1 Å². The molecule has 1 aromatic heterocycles. The van der Waals surface area contributed by atoms with Crippen molar-refractivity contribution in [3.63, 3.8) is 0 Å². The monoisotopic (exact) mass is 304 g/mol. The van der Waals surface area contributed by atoms with E-state index in [0.29, 0.717) is 9.82 Å². The van der Waals surface area contributed by atoms with E-state index in [0.717, 1.165) is 17.7 Å². The molecular formula is C10H13IN2O. The summed E-state index contributed by atoms with van der Waals surface area (Å²) in [4.78, 5) is 0. The number of aromatic nitrogens is 2. The average Bonchev–Trinajstić information content (AvgIpc) is 2.66. The third kappa shape index (κ3) is 1.47. The Balaban J connectivity index is 1.85. The largest absolute Gasteiger partial charge is 0.416 e. The zero-order valence-electron chi connectivity index (χ0n) is 7.95. The summed E-state index contributed by atoms with van der Waals surface area (Å²) in [6, 6.07) is 0. The van der Waals surface area contributed by atoms with Crippen LogP contribution in [0.3, 0.4) is 0 Å². The van der Waals surface area contributed by atoms with E-state index in [-0.39, 0.29) is 0 Å². The van der Waals surface area contributed by atoms with E-state index in [1.54, 1.807) is 0 Å². The van der Waals surface area contributed by atoms with Crippen LogP contribution >= 0.6 is 22.6 Å². The Bertz CT molecular complexity index is 331. The molecule has 3 aliphatic carbocycles. The summed E-state index contributed by atoms with van der Waals surface area (Å²) in [7, 11) is 0. The SMILES string of the molecule is Ic1nnc(C2CC3CCC2CC3)o1. The fourth-order valence-electron chi connectivity index (χ4n) is 3.05. The molecule has 0 radical (unpaired) electrons. The van der Waals surface area contributed by atoms with Gasteiger partial charge in [-0.1, -0.05) is 12.8 Å². The Morgan fingerprint density at radius 2 is 1.93 bits per heavy atom. The summed E-state index contributed by atoms with van der Waals surface area (Å²) in [5, 5.41) is 8.08. The van der Waals surface area contributed by atoms with Gasteiger partial charge < -0.3 is 4.42 Å². The molecule has 3 saturated carbocycles. The Kier molecular flexibility index (Phi) is 2.26. The zero-order chi connectivity index (χ0) is 9.54. The molecule has 76 valence electrons. The lowest BCUT2D eigenvalue weighted by Crippen LogP contribution is -2.29. The molecule has 1 heterocycles. The van der Waals surface area contributed by atoms with Gasteiger partial charge in [-0.2, -0.15) is 0 Å². The van der Waals surface area contributed by atoms with Crippen molar-refractivity contribution in [2.45, 2.75) is 38.0 Å². The van der Waals surface area contributed by atoms with E-state index in [1.807, 2.05) is 0 Å². The molecule has 0 N–H and O–H groups in total. The lowest BCUT2D eigenvalue weighted by atomic mass is 9.65. The lowest BCUT2D eigenvalue weighted by molar-refractivity contribution is 0.127. The van der Waals surface area contributed by atoms with Gasteiger partial charge in [0.15, 0.2) is 0 Å². The number of rotatable bonds is 1. The van der Waals surface area contributed by atoms with Gasteiger partial charge in [-0.15, -0.1) is 10.2 Å². The van der Waals surface area contributed by atoms with Crippen LogP contribution in [0.1, 0.15) is 43.9 Å². The highest BCUT2D eigenvalue weighted by Gasteiger charge is 2.38. The first-order valence-electron chi connectivity index (χ1n) is 5.32. The minimum Gasteiger partial charge on any atom is -0.416 e. The number of hydrogen-bond donors (Lipinski definition) is 0. The molecular weight excluding hydrogens is 291 g/mol. The van der Waals surface area contributed by atoms with E-state index in [4.69, 9.17) is 4.42 Å². The van der Waals surface area contributed by atoms with Gasteiger partial charge in [0.2, 0.25) is 5.89 Å². The minimum atomic E-state index is 0.568. The average molecular weight is 304 g/mol. The van der Waals surface area contributed by atoms with Crippen molar-refractivity contribution < 1.29 is 4.42 Å². The summed E-state index contributed by atoms with van der Waals surface area (Å²) in [5.74, 6) is 3.20. The highest BCUT2D eigenvalue weighted by atomic mass is 127. The smallest absolute Gasteiger partial charge is 0.278 e. The maximum absolute atomic E-state index is 5.54. The molecule has 1 aromatic rings. The van der Waals surface area contributed by atoms with Gasteiger partial charge >= 0.3 is 0 Å². The normalized spacial score (nSPS) is 36.2. The van der Waals surface area contributed by atoms with Crippen LogP contribution in [-0.2, 0) is 0 Å². The van der Waals surface area contributed by atoms with Gasteiger partial charge in [0.05, 0.1) is 0 Å². The molecule has 0 aliphatic heterocycles. The van der Waals surface area contributed by atoms with Crippen molar-refractivity contribution in [2.75, 3.05) is 0 Å². The highest BCUT2D eigenvalue weighted by Crippen LogP contribution is 2.49. The van der Waals surface area contributed by atoms with Crippen molar-refractivity contribution in [1.29, 1.82) is 0 Å². The van der Waals surface area contributed by atoms with E-state index in [2.05, 4.69) is 32.8 Å². The summed E-state index contributed by atoms with van der Waals surface area (Å²) in [6.45, 7) is 0. The van der Waals surface area contributed by atoms with Crippen LogP contribution in [0.5, 0.6) is 0 Å². The van der Waals surface area contributed by atoms with Crippen LogP contribution in [0, 0.1) is 15.7 Å². The van der Waals surface area contributed by atoms with Crippen LogP contribution in [0.2, 0.25) is 0 Å². The minimum absolute atomic E-state index is 0.568. The standard InChI is InChI=1S/C10H13IN2O/c11-10-13-12-9(14-10)8-5-6-1-3-7(8)4-2-6/h6-8H,1-5H2. The molecule has 3 aliphatic rings. The molecule has 2 bridgehead atoms. The predicted octanol–water partition coefficient (Wildman–Crippen LogP) is 2.97. The molecule has 14 heavy (non-hydrogen) atoms. The van der Waals surface area contributed by atoms with Crippen LogP contribution in [-0.4, -0.2) is 10.2 Å². The number of hydrogen-bond acceptors (Lipinski definition) is 3. The van der Waals surface area contributed by atoms with Gasteiger partial charge in [-0.3, -0.25) is 0 Å². The van der Waals surface area contributed by atoms with E-state index >= 15 is 0 Å². The number of nitrogens with zero attached hydrogens (tertiary/aromatic N) is 2. The second kappa shape index (κ2) is 3.47. The van der Waals surface area contributed by atoms with Crippen LogP contribution in [0.15, 0.2) is 4.42 Å². The summed E-state index contributed by atoms with van der Waals surface area (Å²) in [6.07, 6.45) is 6.87. The molecule has 4 heteroatoms. The maximum atomic E-state index is 5.54. The second-order valence-corrected chi connectivity index (χ2v) is 5.44. The van der Waals surface area contributed by atoms with E-state index in [1.165, 1.54) is 32.1 Å². The van der Waals surface area contributed by atoms with Crippen molar-refractivity contribution >= 4 is 22.6 Å². The second-order valence-electron chi connectivity index (χ2n) is 4.52. The highest BCUT2D eigenvalue weighted by molar-refractivity contribution is 14.1. The van der Waals surface area contributed by atoms with E-state index < -0.39 is 0 Å². The first-order valence-corrected chi connectivity index (χ1v) is 6.39. The molecule has 0 aromatic carbocycles. The topological polar surface area (TPSA) is 38.9 Å². The third-order valence-electron chi connectivity index (χ3n) is 3.78. The van der Waals surface area contributed by atoms with Crippen molar-refractivity contribution in [3.05, 3.63) is 9.79 Å². The zero-order valence-corrected chi connectivity index (χ0v) is 10.1. The maximum Gasteiger partial charge on any atom is 0.278 e. The lowest BCUT2D eigenvalue weighted by Gasteiger charge is -2.40. The first-order chi connectivity index (χ1) is 6.83. The van der Waals surface area contributed by atoms with Crippen molar-refractivity contribution in [3.8, 4) is 0 Å². The molecule has 1 atom stereocenters. The molecule has 3 fully saturated rings. The molecule has 3 nitrogen and oxygen atoms in total. The Morgan fingerprint density at radius 1 is 1.14 bits per heavy atom. The van der Waals surface area contributed by atoms with Crippen LogP contribution < -0.4 is 0 Å². The summed E-state index contributed by atoms with van der Waals surface area (Å²) in [5.41, 5.74) is 0. The van der Waals surface area contributed by atoms with Crippen LogP contribution in [0.4, 0.5) is 0 Å². The summed E-state index contributed by atoms with van der Waals surface area (Å²) < 4.78 is 6.22. The molecule has 4 rings (SSSR count). The number of halogens is 1. The van der Waals surface area contributed by atoms with Gasteiger partial charge in [0.1, 0.15) is 0 Å². The van der Waals surface area contributed by atoms with Crippen molar-refractivity contribution in [2.24, 2.45) is 11.8 Å². The first kappa shape index (κ1) is 9.12. The molecule has 1 unspecified atom stereocenters. The van der Waals surface area contributed by atoms with Gasteiger partial charge in [0.25, 0.3) is 3.90 Å². The predicted molar refractivity (Wildman–Crippen MR) is 59.8 cm³/mol. The number of fused-ring (bicyclic) bond motifs is 3.